The molecule has 3 aromatic rings. The molecule has 0 N–H and O–H groups in total. The number of hydrogen-bond acceptors (Lipinski definition) is 2. The van der Waals surface area contributed by atoms with E-state index in [1.807, 2.05) is 60.7 Å². The topological polar surface area (TPSA) is 23.3 Å². The van der Waals surface area contributed by atoms with Crippen LogP contribution >= 0.6 is 0 Å². The van der Waals surface area contributed by atoms with E-state index in [1.54, 1.807) is 0 Å². The van der Waals surface area contributed by atoms with Crippen LogP contribution in [0.4, 0.5) is 11.4 Å². The van der Waals surface area contributed by atoms with Crippen LogP contribution in [0.3, 0.4) is 0 Å². The fraction of sp³-hybridized carbons (Fsp3) is 0.130. The van der Waals surface area contributed by atoms with Crippen LogP contribution in [-0.4, -0.2) is 30.3 Å². The van der Waals surface area contributed by atoms with E-state index in [-0.39, 0.29) is 5.78 Å². The Morgan fingerprint density at radius 1 is 0.923 bits per heavy atom. The lowest BCUT2D eigenvalue weighted by atomic mass is 9.96. The van der Waals surface area contributed by atoms with Gasteiger partial charge in [0.1, 0.15) is 0 Å². The summed E-state index contributed by atoms with van der Waals surface area (Å²) in [5, 5.41) is 0. The van der Waals surface area contributed by atoms with Crippen molar-refractivity contribution in [3.05, 3.63) is 95.1 Å². The molecule has 0 aromatic heterocycles. The first kappa shape index (κ1) is 16.3. The number of aryl methyl sites for hydroxylation is 1. The van der Waals surface area contributed by atoms with Crippen LogP contribution in [0, 0.1) is 6.92 Å². The van der Waals surface area contributed by atoms with Gasteiger partial charge in [-0.15, -0.1) is 0 Å². The van der Waals surface area contributed by atoms with E-state index in [1.165, 1.54) is 5.69 Å². The first-order valence-corrected chi connectivity index (χ1v) is 8.75. The summed E-state index contributed by atoms with van der Waals surface area (Å²) in [5.74, 6) is 0.0596. The lowest BCUT2D eigenvalue weighted by Gasteiger charge is -2.25. The van der Waals surface area contributed by atoms with Gasteiger partial charge in [0, 0.05) is 30.3 Å². The minimum absolute atomic E-state index is 0.0596. The van der Waals surface area contributed by atoms with Gasteiger partial charge < -0.3 is 4.90 Å². The first-order valence-electron chi connectivity index (χ1n) is 8.75. The summed E-state index contributed by atoms with van der Waals surface area (Å²) in [5.41, 5.74) is 5.96. The van der Waals surface area contributed by atoms with Crippen molar-refractivity contribution >= 4 is 23.4 Å². The summed E-state index contributed by atoms with van der Waals surface area (Å²) >= 11 is 0. The van der Waals surface area contributed by atoms with Crippen molar-refractivity contribution < 1.29 is 9.37 Å². The number of anilines is 1. The van der Waals surface area contributed by atoms with Gasteiger partial charge in [0.15, 0.2) is 12.0 Å². The van der Waals surface area contributed by atoms with Gasteiger partial charge in [-0.05, 0) is 24.6 Å². The highest BCUT2D eigenvalue weighted by Gasteiger charge is 2.25. The molecule has 0 radical (unpaired) electrons. The largest absolute Gasteiger partial charge is 0.319 e. The molecule has 1 aliphatic rings. The third kappa shape index (κ3) is 2.92. The maximum atomic E-state index is 12.9. The molecule has 0 saturated carbocycles. The van der Waals surface area contributed by atoms with Crippen LogP contribution < -0.4 is 4.90 Å². The third-order valence-corrected chi connectivity index (χ3v) is 4.76. The molecule has 0 unspecified atom stereocenters. The van der Waals surface area contributed by atoms with Gasteiger partial charge in [-0.25, -0.2) is 0 Å². The van der Waals surface area contributed by atoms with Crippen LogP contribution in [0.25, 0.3) is 0 Å². The van der Waals surface area contributed by atoms with Crippen molar-refractivity contribution in [2.45, 2.75) is 6.92 Å². The molecule has 26 heavy (non-hydrogen) atoms. The van der Waals surface area contributed by atoms with Gasteiger partial charge in [-0.2, -0.15) is 4.58 Å². The lowest BCUT2D eigenvalue weighted by molar-refractivity contribution is -0.435. The number of para-hydroxylation sites is 1. The molecule has 128 valence electrons. The summed E-state index contributed by atoms with van der Waals surface area (Å²) in [7, 11) is 2.09. The van der Waals surface area contributed by atoms with Gasteiger partial charge >= 0.3 is 0 Å². The Labute approximate surface area is 153 Å². The highest BCUT2D eigenvalue weighted by Crippen LogP contribution is 2.29. The molecule has 0 spiro atoms. The van der Waals surface area contributed by atoms with Gasteiger partial charge in [-0.1, -0.05) is 48.5 Å². The Kier molecular flexibility index (Phi) is 4.13. The minimum atomic E-state index is 0.0596. The average molecular weight is 341 g/mol. The number of carbonyl (C=O) groups excluding carboxylic acids is 1. The van der Waals surface area contributed by atoms with E-state index in [0.717, 1.165) is 34.6 Å². The number of benzene rings is 3. The number of ketones is 1. The Balaban J connectivity index is 1.81. The summed E-state index contributed by atoms with van der Waals surface area (Å²) < 4.78 is 2.21. The molecule has 1 aliphatic heterocycles. The minimum Gasteiger partial charge on any atom is -0.319 e. The van der Waals surface area contributed by atoms with E-state index >= 15 is 0 Å². The Bertz CT molecular complexity index is 991. The number of nitrogens with zero attached hydrogens (tertiary/aromatic N) is 2. The standard InChI is InChI=1S/C23H21N2O/c1-17-13-19(23(26)18-9-5-3-6-10-18)14-20-15-25(16-24(2)22(17)20)21-11-7-4-8-12-21/h3-15H,16H2,1-2H3/q+1. The van der Waals surface area contributed by atoms with Crippen LogP contribution in [-0.2, 0) is 0 Å². The molecule has 1 heterocycles. The third-order valence-electron chi connectivity index (χ3n) is 4.76. The molecular formula is C23H21N2O+. The normalized spacial score (nSPS) is 13.2. The van der Waals surface area contributed by atoms with Crippen molar-refractivity contribution in [1.82, 2.24) is 0 Å². The lowest BCUT2D eigenvalue weighted by Crippen LogP contribution is -2.33. The zero-order valence-electron chi connectivity index (χ0n) is 15.0. The van der Waals surface area contributed by atoms with Crippen LogP contribution in [0.15, 0.2) is 72.8 Å². The number of carbonyl (C=O) groups is 1. The zero-order valence-corrected chi connectivity index (χ0v) is 15.0. The summed E-state index contributed by atoms with van der Waals surface area (Å²) in [6.45, 7) is 2.85. The molecule has 3 aromatic carbocycles. The molecule has 4 rings (SSSR count). The number of rotatable bonds is 3. The molecule has 3 nitrogen and oxygen atoms in total. The van der Waals surface area contributed by atoms with E-state index in [2.05, 4.69) is 41.8 Å². The van der Waals surface area contributed by atoms with E-state index in [0.29, 0.717) is 0 Å². The van der Waals surface area contributed by atoms with Crippen LogP contribution in [0.2, 0.25) is 0 Å². The zero-order chi connectivity index (χ0) is 18.1. The summed E-state index contributed by atoms with van der Waals surface area (Å²) in [4.78, 5) is 15.1. The highest BCUT2D eigenvalue weighted by molar-refractivity contribution is 6.10. The molecule has 0 bridgehead atoms. The molecule has 0 aliphatic carbocycles. The number of fused-ring (bicyclic) bond motifs is 1. The molecule has 0 saturated heterocycles. The second kappa shape index (κ2) is 6.60. The summed E-state index contributed by atoms with van der Waals surface area (Å²) in [6.07, 6.45) is 2.14. The van der Waals surface area contributed by atoms with Gasteiger partial charge in [0.2, 0.25) is 12.4 Å². The summed E-state index contributed by atoms with van der Waals surface area (Å²) in [6, 6.07) is 23.7. The van der Waals surface area contributed by atoms with Gasteiger partial charge in [0.25, 0.3) is 0 Å². The predicted molar refractivity (Wildman–Crippen MR) is 106 cm³/mol. The van der Waals surface area contributed by atoms with Crippen molar-refractivity contribution in [2.75, 3.05) is 18.6 Å². The Morgan fingerprint density at radius 3 is 2.27 bits per heavy atom. The SMILES string of the molecule is Cc1cc(C(=O)c2ccccc2)cc2c1N(C)C[N+](c1ccccc1)=C2. The van der Waals surface area contributed by atoms with Crippen molar-refractivity contribution in [1.29, 1.82) is 0 Å². The smallest absolute Gasteiger partial charge is 0.224 e. The first-order chi connectivity index (χ1) is 12.6. The monoisotopic (exact) mass is 341 g/mol. The molecular weight excluding hydrogens is 320 g/mol. The highest BCUT2D eigenvalue weighted by atomic mass is 16.1. The second-order valence-electron chi connectivity index (χ2n) is 6.70. The maximum Gasteiger partial charge on any atom is 0.224 e. The molecule has 0 atom stereocenters. The maximum absolute atomic E-state index is 12.9. The van der Waals surface area contributed by atoms with Crippen molar-refractivity contribution in [3.63, 3.8) is 0 Å². The van der Waals surface area contributed by atoms with Gasteiger partial charge in [0.05, 0.1) is 11.3 Å². The van der Waals surface area contributed by atoms with Crippen molar-refractivity contribution in [2.24, 2.45) is 0 Å². The van der Waals surface area contributed by atoms with E-state index < -0.39 is 0 Å². The Morgan fingerprint density at radius 2 is 1.58 bits per heavy atom. The second-order valence-corrected chi connectivity index (χ2v) is 6.70. The molecule has 0 fully saturated rings. The van der Waals surface area contributed by atoms with E-state index in [4.69, 9.17) is 0 Å². The van der Waals surface area contributed by atoms with Crippen LogP contribution in [0.1, 0.15) is 27.0 Å². The quantitative estimate of drug-likeness (QED) is 0.521. The fourth-order valence-electron chi connectivity index (χ4n) is 3.60. The molecule has 3 heteroatoms. The van der Waals surface area contributed by atoms with Gasteiger partial charge in [-0.3, -0.25) is 4.79 Å². The predicted octanol–water partition coefficient (Wildman–Crippen LogP) is 4.40. The van der Waals surface area contributed by atoms with E-state index in [9.17, 15) is 4.79 Å². The van der Waals surface area contributed by atoms with Crippen LogP contribution in [0.5, 0.6) is 0 Å². The van der Waals surface area contributed by atoms with Crippen molar-refractivity contribution in [3.8, 4) is 0 Å². The number of hydrogen-bond donors (Lipinski definition) is 0. The fourth-order valence-corrected chi connectivity index (χ4v) is 3.60. The Hall–Kier alpha value is -3.20. The average Bonchev–Trinajstić information content (AvgIpc) is 2.68. The molecule has 0 amide bonds.